The van der Waals surface area contributed by atoms with Crippen molar-refractivity contribution in [3.63, 3.8) is 0 Å². The second-order valence-electron chi connectivity index (χ2n) is 7.03. The molecule has 0 spiro atoms. The van der Waals surface area contributed by atoms with Crippen LogP contribution in [0.25, 0.3) is 0 Å². The molecular formula is C16H19BrOS. The van der Waals surface area contributed by atoms with Crippen LogP contribution in [0.15, 0.2) is 15.9 Å². The first-order chi connectivity index (χ1) is 9.13. The summed E-state index contributed by atoms with van der Waals surface area (Å²) in [5, 5.41) is 2.09. The maximum absolute atomic E-state index is 12.9. The number of hydrogen-bond acceptors (Lipinski definition) is 2. The highest BCUT2D eigenvalue weighted by atomic mass is 79.9. The Balaban J connectivity index is 1.56. The molecule has 4 fully saturated rings. The SMILES string of the molecule is O=C(Cc1cc(Br)cs1)C12CC3CC(CC(C3)C1)C2. The third kappa shape index (κ3) is 2.13. The molecule has 1 heterocycles. The summed E-state index contributed by atoms with van der Waals surface area (Å²) in [6.45, 7) is 0. The van der Waals surface area contributed by atoms with E-state index >= 15 is 0 Å². The van der Waals surface area contributed by atoms with Gasteiger partial charge in [-0.1, -0.05) is 0 Å². The lowest BCUT2D eigenvalue weighted by atomic mass is 9.48. The van der Waals surface area contributed by atoms with E-state index in [1.54, 1.807) is 11.3 Å². The van der Waals surface area contributed by atoms with Gasteiger partial charge >= 0.3 is 0 Å². The maximum Gasteiger partial charge on any atom is 0.144 e. The first-order valence-electron chi connectivity index (χ1n) is 7.39. The molecule has 0 amide bonds. The van der Waals surface area contributed by atoms with Crippen molar-refractivity contribution >= 4 is 33.0 Å². The van der Waals surface area contributed by atoms with Gasteiger partial charge in [0, 0.05) is 26.6 Å². The summed E-state index contributed by atoms with van der Waals surface area (Å²) in [7, 11) is 0. The molecule has 5 rings (SSSR count). The first kappa shape index (κ1) is 12.6. The quantitative estimate of drug-likeness (QED) is 0.770. The van der Waals surface area contributed by atoms with E-state index in [9.17, 15) is 4.79 Å². The van der Waals surface area contributed by atoms with E-state index in [1.165, 1.54) is 43.4 Å². The molecule has 0 aliphatic heterocycles. The van der Waals surface area contributed by atoms with Crippen LogP contribution in [0.1, 0.15) is 43.4 Å². The third-order valence-electron chi connectivity index (χ3n) is 5.59. The van der Waals surface area contributed by atoms with Gasteiger partial charge in [-0.3, -0.25) is 4.79 Å². The third-order valence-corrected chi connectivity index (χ3v) is 7.28. The van der Waals surface area contributed by atoms with Crippen LogP contribution in [0.3, 0.4) is 0 Å². The number of thiophene rings is 1. The Morgan fingerprint density at radius 2 is 1.79 bits per heavy atom. The molecule has 0 aromatic carbocycles. The Morgan fingerprint density at radius 1 is 1.21 bits per heavy atom. The molecule has 0 saturated heterocycles. The number of carbonyl (C=O) groups is 1. The standard InChI is InChI=1S/C16H19BrOS/c17-13-4-14(19-9-13)5-15(18)16-6-10-1-11(7-16)3-12(2-10)8-16/h4,9-12H,1-3,5-8H2. The first-order valence-corrected chi connectivity index (χ1v) is 9.06. The maximum atomic E-state index is 12.9. The Bertz CT molecular complexity index is 483. The predicted molar refractivity (Wildman–Crippen MR) is 81.3 cm³/mol. The van der Waals surface area contributed by atoms with Gasteiger partial charge in [-0.2, -0.15) is 0 Å². The summed E-state index contributed by atoms with van der Waals surface area (Å²) in [6.07, 6.45) is 8.51. The number of rotatable bonds is 3. The van der Waals surface area contributed by atoms with Gasteiger partial charge in [-0.25, -0.2) is 0 Å². The number of halogens is 1. The highest BCUT2D eigenvalue weighted by Crippen LogP contribution is 2.60. The van der Waals surface area contributed by atoms with Crippen LogP contribution in [0, 0.1) is 23.2 Å². The van der Waals surface area contributed by atoms with Crippen molar-refractivity contribution in [2.45, 2.75) is 44.9 Å². The molecule has 1 nitrogen and oxygen atoms in total. The normalized spacial score (nSPS) is 39.7. The van der Waals surface area contributed by atoms with Crippen LogP contribution in [-0.4, -0.2) is 5.78 Å². The second-order valence-corrected chi connectivity index (χ2v) is 8.94. The van der Waals surface area contributed by atoms with Crippen molar-refractivity contribution < 1.29 is 4.79 Å². The minimum Gasteiger partial charge on any atom is -0.299 e. The number of ketones is 1. The lowest BCUT2D eigenvalue weighted by Crippen LogP contribution is -2.50. The summed E-state index contributed by atoms with van der Waals surface area (Å²) >= 11 is 5.20. The largest absolute Gasteiger partial charge is 0.299 e. The average Bonchev–Trinajstić information content (AvgIpc) is 2.73. The monoisotopic (exact) mass is 338 g/mol. The molecular weight excluding hydrogens is 320 g/mol. The van der Waals surface area contributed by atoms with E-state index in [1.807, 2.05) is 0 Å². The van der Waals surface area contributed by atoms with Gasteiger partial charge in [-0.05, 0) is 78.3 Å². The molecule has 4 bridgehead atoms. The molecule has 19 heavy (non-hydrogen) atoms. The van der Waals surface area contributed by atoms with Crippen LogP contribution in [-0.2, 0) is 11.2 Å². The summed E-state index contributed by atoms with van der Waals surface area (Å²) in [5.41, 5.74) is 0.0746. The molecule has 1 aromatic heterocycles. The van der Waals surface area contributed by atoms with Gasteiger partial charge in [0.15, 0.2) is 0 Å². The molecule has 1 aromatic rings. The van der Waals surface area contributed by atoms with E-state index in [2.05, 4.69) is 27.4 Å². The van der Waals surface area contributed by atoms with Crippen molar-refractivity contribution in [1.82, 2.24) is 0 Å². The van der Waals surface area contributed by atoms with E-state index < -0.39 is 0 Å². The highest BCUT2D eigenvalue weighted by molar-refractivity contribution is 9.10. The Hall–Kier alpha value is -0.150. The van der Waals surface area contributed by atoms with E-state index in [0.717, 1.165) is 22.2 Å². The second kappa shape index (κ2) is 4.42. The minimum atomic E-state index is 0.0746. The summed E-state index contributed by atoms with van der Waals surface area (Å²) in [5.74, 6) is 3.14. The molecule has 4 saturated carbocycles. The van der Waals surface area contributed by atoms with E-state index in [4.69, 9.17) is 0 Å². The fourth-order valence-corrected chi connectivity index (χ4v) is 6.69. The Labute approximate surface area is 126 Å². The summed E-state index contributed by atoms with van der Waals surface area (Å²) in [4.78, 5) is 14.1. The smallest absolute Gasteiger partial charge is 0.144 e. The van der Waals surface area contributed by atoms with Crippen molar-refractivity contribution in [1.29, 1.82) is 0 Å². The van der Waals surface area contributed by atoms with Crippen molar-refractivity contribution in [2.75, 3.05) is 0 Å². The molecule has 4 aliphatic carbocycles. The van der Waals surface area contributed by atoms with Crippen LogP contribution < -0.4 is 0 Å². The lowest BCUT2D eigenvalue weighted by molar-refractivity contribution is -0.143. The molecule has 4 aliphatic rings. The van der Waals surface area contributed by atoms with Gasteiger partial charge < -0.3 is 0 Å². The minimum absolute atomic E-state index is 0.0746. The zero-order chi connectivity index (χ0) is 13.0. The van der Waals surface area contributed by atoms with Crippen LogP contribution in [0.5, 0.6) is 0 Å². The molecule has 102 valence electrons. The predicted octanol–water partition coefficient (Wildman–Crippen LogP) is 4.84. The zero-order valence-corrected chi connectivity index (χ0v) is 13.4. The topological polar surface area (TPSA) is 17.1 Å². The molecule has 0 radical (unpaired) electrons. The fraction of sp³-hybridized carbons (Fsp3) is 0.688. The van der Waals surface area contributed by atoms with Crippen molar-refractivity contribution in [3.05, 3.63) is 20.8 Å². The molecule has 0 N–H and O–H groups in total. The Kier molecular flexibility index (Phi) is 2.93. The average molecular weight is 339 g/mol. The highest BCUT2D eigenvalue weighted by Gasteiger charge is 2.54. The van der Waals surface area contributed by atoms with Gasteiger partial charge in [0.1, 0.15) is 5.78 Å². The number of Topliss-reactive ketones (excluding diaryl/α,β-unsaturated/α-hetero) is 1. The summed E-state index contributed by atoms with van der Waals surface area (Å²) in [6, 6.07) is 2.11. The van der Waals surface area contributed by atoms with Crippen LogP contribution >= 0.6 is 27.3 Å². The number of carbonyl (C=O) groups excluding carboxylic acids is 1. The van der Waals surface area contributed by atoms with Gasteiger partial charge in [0.05, 0.1) is 0 Å². The number of hydrogen-bond donors (Lipinski definition) is 0. The van der Waals surface area contributed by atoms with E-state index in [0.29, 0.717) is 12.2 Å². The van der Waals surface area contributed by atoms with Crippen LogP contribution in [0.2, 0.25) is 0 Å². The van der Waals surface area contributed by atoms with Gasteiger partial charge in [-0.15, -0.1) is 11.3 Å². The summed E-state index contributed by atoms with van der Waals surface area (Å²) < 4.78 is 1.12. The van der Waals surface area contributed by atoms with Gasteiger partial charge in [0.2, 0.25) is 0 Å². The van der Waals surface area contributed by atoms with Gasteiger partial charge in [0.25, 0.3) is 0 Å². The fourth-order valence-electron chi connectivity index (χ4n) is 5.24. The van der Waals surface area contributed by atoms with E-state index in [-0.39, 0.29) is 5.41 Å². The van der Waals surface area contributed by atoms with Crippen LogP contribution in [0.4, 0.5) is 0 Å². The zero-order valence-electron chi connectivity index (χ0n) is 11.0. The molecule has 0 unspecified atom stereocenters. The lowest BCUT2D eigenvalue weighted by Gasteiger charge is -2.56. The van der Waals surface area contributed by atoms with Crippen molar-refractivity contribution in [3.8, 4) is 0 Å². The molecule has 0 atom stereocenters. The Morgan fingerprint density at radius 3 is 2.26 bits per heavy atom. The van der Waals surface area contributed by atoms with Crippen molar-refractivity contribution in [2.24, 2.45) is 23.2 Å². The molecule has 3 heteroatoms.